The summed E-state index contributed by atoms with van der Waals surface area (Å²) in [5, 5.41) is 13.8. The fraction of sp³-hybridized carbons (Fsp3) is 0.867. The lowest BCUT2D eigenvalue weighted by atomic mass is 9.80. The second kappa shape index (κ2) is 6.16. The van der Waals surface area contributed by atoms with Gasteiger partial charge in [-0.05, 0) is 44.4 Å². The Morgan fingerprint density at radius 1 is 1.40 bits per heavy atom. The summed E-state index contributed by atoms with van der Waals surface area (Å²) in [5.41, 5.74) is 0.593. The van der Waals surface area contributed by atoms with Gasteiger partial charge in [0.15, 0.2) is 9.84 Å². The Morgan fingerprint density at radius 3 is 2.65 bits per heavy atom. The molecule has 1 aliphatic heterocycles. The second-order valence-corrected chi connectivity index (χ2v) is 8.92. The molecular formula is C15H27NO3S. The van der Waals surface area contributed by atoms with Gasteiger partial charge in [-0.2, -0.15) is 0 Å². The molecule has 2 atom stereocenters. The number of nitrogens with one attached hydrogen (secondary N) is 1. The Balaban J connectivity index is 1.81. The molecule has 1 fully saturated rings. The highest BCUT2D eigenvalue weighted by Crippen LogP contribution is 2.30. The Kier molecular flexibility index (Phi) is 4.92. The third-order valence-electron chi connectivity index (χ3n) is 4.94. The molecule has 0 spiro atoms. The van der Waals surface area contributed by atoms with Crippen LogP contribution in [0.15, 0.2) is 11.6 Å². The molecule has 116 valence electrons. The Morgan fingerprint density at radius 2 is 2.05 bits per heavy atom. The molecule has 5 heteroatoms. The first-order chi connectivity index (χ1) is 9.31. The van der Waals surface area contributed by atoms with Crippen LogP contribution in [-0.2, 0) is 9.84 Å². The third kappa shape index (κ3) is 4.06. The summed E-state index contributed by atoms with van der Waals surface area (Å²) in [6.07, 6.45) is 5.43. The Bertz CT molecular complexity index is 456. The van der Waals surface area contributed by atoms with E-state index in [9.17, 15) is 13.5 Å². The minimum Gasteiger partial charge on any atom is -0.388 e. The summed E-state index contributed by atoms with van der Waals surface area (Å²) in [5.74, 6) is 1.45. The Hall–Kier alpha value is -0.390. The van der Waals surface area contributed by atoms with Crippen LogP contribution in [0.4, 0.5) is 0 Å². The zero-order valence-corrected chi connectivity index (χ0v) is 13.4. The van der Waals surface area contributed by atoms with Crippen molar-refractivity contribution in [3.05, 3.63) is 11.6 Å². The van der Waals surface area contributed by atoms with Crippen LogP contribution in [-0.4, -0.2) is 43.7 Å². The standard InChI is InChI=1S/C15H27NO3S/c1-12-4-3-5-13(2)14(12)10-16-11-15(17)6-8-20(18,19)9-7-15/h4,13-14,16-17H,3,5-11H2,1-2H3/t13-,14-/m0/s1. The molecule has 0 radical (unpaired) electrons. The van der Waals surface area contributed by atoms with E-state index in [1.165, 1.54) is 18.4 Å². The van der Waals surface area contributed by atoms with E-state index < -0.39 is 15.4 Å². The maximum absolute atomic E-state index is 11.4. The van der Waals surface area contributed by atoms with Crippen LogP contribution in [0, 0.1) is 11.8 Å². The minimum absolute atomic E-state index is 0.115. The molecule has 4 nitrogen and oxygen atoms in total. The monoisotopic (exact) mass is 301 g/mol. The predicted molar refractivity (Wildman–Crippen MR) is 81.4 cm³/mol. The number of rotatable bonds is 4. The number of hydrogen-bond acceptors (Lipinski definition) is 4. The molecule has 2 aliphatic rings. The average Bonchev–Trinajstić information content (AvgIpc) is 2.38. The van der Waals surface area contributed by atoms with Gasteiger partial charge in [0.25, 0.3) is 0 Å². The van der Waals surface area contributed by atoms with Crippen molar-refractivity contribution >= 4 is 9.84 Å². The maximum atomic E-state index is 11.4. The molecule has 1 aliphatic carbocycles. The van der Waals surface area contributed by atoms with Crippen molar-refractivity contribution in [2.75, 3.05) is 24.6 Å². The van der Waals surface area contributed by atoms with Crippen LogP contribution in [0.5, 0.6) is 0 Å². The predicted octanol–water partition coefficient (Wildman–Crippen LogP) is 1.51. The first-order valence-corrected chi connectivity index (χ1v) is 9.44. The molecule has 1 heterocycles. The molecule has 2 rings (SSSR count). The van der Waals surface area contributed by atoms with Gasteiger partial charge < -0.3 is 10.4 Å². The summed E-state index contributed by atoms with van der Waals surface area (Å²) >= 11 is 0. The molecular weight excluding hydrogens is 274 g/mol. The van der Waals surface area contributed by atoms with Gasteiger partial charge in [0, 0.05) is 13.1 Å². The first-order valence-electron chi connectivity index (χ1n) is 7.61. The van der Waals surface area contributed by atoms with Crippen molar-refractivity contribution in [3.63, 3.8) is 0 Å². The zero-order chi connectivity index (χ0) is 14.8. The normalized spacial score (nSPS) is 32.6. The van der Waals surface area contributed by atoms with Gasteiger partial charge in [-0.25, -0.2) is 8.42 Å². The van der Waals surface area contributed by atoms with Crippen LogP contribution in [0.1, 0.15) is 39.5 Å². The van der Waals surface area contributed by atoms with E-state index >= 15 is 0 Å². The van der Waals surface area contributed by atoms with Crippen LogP contribution in [0.25, 0.3) is 0 Å². The summed E-state index contributed by atoms with van der Waals surface area (Å²) in [4.78, 5) is 0. The molecule has 0 bridgehead atoms. The highest BCUT2D eigenvalue weighted by Gasteiger charge is 2.35. The van der Waals surface area contributed by atoms with Crippen molar-refractivity contribution < 1.29 is 13.5 Å². The van der Waals surface area contributed by atoms with Gasteiger partial charge in [-0.3, -0.25) is 0 Å². The topological polar surface area (TPSA) is 66.4 Å². The lowest BCUT2D eigenvalue weighted by Crippen LogP contribution is -2.48. The van der Waals surface area contributed by atoms with Crippen molar-refractivity contribution in [2.24, 2.45) is 11.8 Å². The smallest absolute Gasteiger partial charge is 0.150 e. The van der Waals surface area contributed by atoms with Gasteiger partial charge in [-0.15, -0.1) is 0 Å². The van der Waals surface area contributed by atoms with Gasteiger partial charge >= 0.3 is 0 Å². The lowest BCUT2D eigenvalue weighted by molar-refractivity contribution is 0.0296. The molecule has 0 aromatic heterocycles. The van der Waals surface area contributed by atoms with E-state index in [0.29, 0.717) is 31.2 Å². The van der Waals surface area contributed by atoms with Gasteiger partial charge in [0.1, 0.15) is 0 Å². The molecule has 0 aromatic rings. The van der Waals surface area contributed by atoms with Crippen LogP contribution >= 0.6 is 0 Å². The van der Waals surface area contributed by atoms with E-state index in [2.05, 4.69) is 25.2 Å². The van der Waals surface area contributed by atoms with Gasteiger partial charge in [0.05, 0.1) is 17.1 Å². The van der Waals surface area contributed by atoms with Crippen LogP contribution < -0.4 is 5.32 Å². The van der Waals surface area contributed by atoms with Crippen molar-refractivity contribution in [1.82, 2.24) is 5.32 Å². The molecule has 1 saturated heterocycles. The molecule has 20 heavy (non-hydrogen) atoms. The van der Waals surface area contributed by atoms with Gasteiger partial charge in [0.2, 0.25) is 0 Å². The fourth-order valence-electron chi connectivity index (χ4n) is 3.29. The second-order valence-electron chi connectivity index (χ2n) is 6.62. The summed E-state index contributed by atoms with van der Waals surface area (Å²) in [6.45, 7) is 5.84. The lowest BCUT2D eigenvalue weighted by Gasteiger charge is -2.34. The Labute approximate surface area is 122 Å². The van der Waals surface area contributed by atoms with Crippen molar-refractivity contribution in [3.8, 4) is 0 Å². The van der Waals surface area contributed by atoms with E-state index in [0.717, 1.165) is 6.54 Å². The molecule has 2 N–H and O–H groups in total. The van der Waals surface area contributed by atoms with Gasteiger partial charge in [-0.1, -0.05) is 18.6 Å². The van der Waals surface area contributed by atoms with Crippen molar-refractivity contribution in [2.45, 2.75) is 45.1 Å². The number of sulfone groups is 1. The highest BCUT2D eigenvalue weighted by molar-refractivity contribution is 7.91. The minimum atomic E-state index is -2.91. The average molecular weight is 301 g/mol. The molecule has 0 unspecified atom stereocenters. The highest BCUT2D eigenvalue weighted by atomic mass is 32.2. The third-order valence-corrected chi connectivity index (χ3v) is 6.59. The first kappa shape index (κ1) is 16.0. The summed E-state index contributed by atoms with van der Waals surface area (Å²) in [6, 6.07) is 0. The maximum Gasteiger partial charge on any atom is 0.150 e. The summed E-state index contributed by atoms with van der Waals surface area (Å²) < 4.78 is 22.8. The summed E-state index contributed by atoms with van der Waals surface area (Å²) in [7, 11) is -2.91. The van der Waals surface area contributed by atoms with Crippen LogP contribution in [0.2, 0.25) is 0 Å². The zero-order valence-electron chi connectivity index (χ0n) is 12.6. The van der Waals surface area contributed by atoms with Crippen LogP contribution in [0.3, 0.4) is 0 Å². The van der Waals surface area contributed by atoms with E-state index in [1.807, 2.05) is 0 Å². The SMILES string of the molecule is CC1=CCC[C@H](C)[C@H]1CNCC1(O)CCS(=O)(=O)CC1. The molecule has 0 aromatic carbocycles. The number of aliphatic hydroxyl groups is 1. The quantitative estimate of drug-likeness (QED) is 0.773. The molecule has 0 amide bonds. The number of hydrogen-bond donors (Lipinski definition) is 2. The molecule has 0 saturated carbocycles. The van der Waals surface area contributed by atoms with E-state index in [1.54, 1.807) is 0 Å². The fourth-order valence-corrected chi connectivity index (χ4v) is 4.88. The van der Waals surface area contributed by atoms with Crippen molar-refractivity contribution in [1.29, 1.82) is 0 Å². The largest absolute Gasteiger partial charge is 0.388 e. The van der Waals surface area contributed by atoms with E-state index in [-0.39, 0.29) is 11.5 Å². The number of allylic oxidation sites excluding steroid dienone is 1. The van der Waals surface area contributed by atoms with E-state index in [4.69, 9.17) is 0 Å².